The van der Waals surface area contributed by atoms with Crippen molar-refractivity contribution in [3.8, 4) is 17.7 Å². The number of allylic oxidation sites excluding steroid dienone is 5. The predicted octanol–water partition coefficient (Wildman–Crippen LogP) is 4.85. The highest BCUT2D eigenvalue weighted by Crippen LogP contribution is 2.68. The van der Waals surface area contributed by atoms with Gasteiger partial charge < -0.3 is 19.5 Å². The Bertz CT molecular complexity index is 1370. The minimum Gasteiger partial charge on any atom is -0.481 e. The molecule has 5 rings (SSSR count). The number of nitriles is 1. The second-order valence-corrected chi connectivity index (χ2v) is 9.81. The Hall–Kier alpha value is -3.61. The number of aliphatic hydroxyl groups is 1. The fourth-order valence-corrected chi connectivity index (χ4v) is 6.01. The van der Waals surface area contributed by atoms with E-state index in [1.54, 1.807) is 0 Å². The topological polar surface area (TPSA) is 78.6 Å². The fourth-order valence-electron chi connectivity index (χ4n) is 6.01. The van der Waals surface area contributed by atoms with Crippen LogP contribution in [0.5, 0.6) is 11.6 Å². The Labute approximate surface area is 212 Å². The van der Waals surface area contributed by atoms with Gasteiger partial charge in [0.25, 0.3) is 0 Å². The molecule has 1 fully saturated rings. The maximum atomic E-state index is 13.4. The Morgan fingerprint density at radius 2 is 1.97 bits per heavy atom. The molecule has 2 aromatic rings. The fraction of sp³-hybridized carbons (Fsp3) is 0.357. The Morgan fingerprint density at radius 3 is 2.54 bits per heavy atom. The van der Waals surface area contributed by atoms with Crippen molar-refractivity contribution in [3.05, 3.63) is 88.2 Å². The molecule has 0 radical (unpaired) electrons. The summed E-state index contributed by atoms with van der Waals surface area (Å²) < 4.78 is 52.5. The molecular weight excluding hydrogens is 483 g/mol. The number of hydrogen-bond acceptors (Lipinski definition) is 6. The first-order chi connectivity index (χ1) is 17.5. The van der Waals surface area contributed by atoms with Gasteiger partial charge in [0, 0.05) is 24.1 Å². The number of rotatable bonds is 4. The number of fused-ring (bicyclic) bond motifs is 3. The van der Waals surface area contributed by atoms with Gasteiger partial charge in [-0.15, -0.1) is 0 Å². The second-order valence-electron chi connectivity index (χ2n) is 9.81. The van der Waals surface area contributed by atoms with E-state index < -0.39 is 22.9 Å². The maximum Gasteiger partial charge on any atom is 0.416 e. The van der Waals surface area contributed by atoms with Crippen LogP contribution in [0, 0.1) is 17.2 Å². The third kappa shape index (κ3) is 3.74. The van der Waals surface area contributed by atoms with E-state index in [2.05, 4.69) is 4.98 Å². The highest BCUT2D eigenvalue weighted by atomic mass is 19.4. The van der Waals surface area contributed by atoms with Crippen molar-refractivity contribution in [1.29, 1.82) is 5.26 Å². The van der Waals surface area contributed by atoms with Crippen LogP contribution in [0.25, 0.3) is 0 Å². The maximum absolute atomic E-state index is 13.4. The minimum absolute atomic E-state index is 0.0429. The van der Waals surface area contributed by atoms with Gasteiger partial charge in [-0.1, -0.05) is 36.4 Å². The van der Waals surface area contributed by atoms with E-state index >= 15 is 0 Å². The molecule has 3 atom stereocenters. The lowest BCUT2D eigenvalue weighted by Gasteiger charge is -2.38. The summed E-state index contributed by atoms with van der Waals surface area (Å²) in [5.74, 6) is 0.0868. The molecule has 1 aromatic heterocycles. The van der Waals surface area contributed by atoms with Crippen LogP contribution in [0.3, 0.4) is 0 Å². The van der Waals surface area contributed by atoms with Gasteiger partial charge in [-0.05, 0) is 50.2 Å². The summed E-state index contributed by atoms with van der Waals surface area (Å²) in [5.41, 5.74) is -1.63. The van der Waals surface area contributed by atoms with Gasteiger partial charge >= 0.3 is 6.18 Å². The molecule has 2 aliphatic carbocycles. The Kier molecular flexibility index (Phi) is 5.93. The lowest BCUT2D eigenvalue weighted by molar-refractivity contribution is -0.137. The van der Waals surface area contributed by atoms with E-state index in [0.717, 1.165) is 23.3 Å². The molecule has 1 unspecified atom stereocenters. The summed E-state index contributed by atoms with van der Waals surface area (Å²) in [6.07, 6.45) is 4.05. The average molecular weight is 510 g/mol. The monoisotopic (exact) mass is 509 g/mol. The van der Waals surface area contributed by atoms with Crippen LogP contribution in [-0.2, 0) is 17.4 Å². The van der Waals surface area contributed by atoms with Crippen molar-refractivity contribution >= 4 is 0 Å². The van der Waals surface area contributed by atoms with Crippen LogP contribution in [-0.4, -0.2) is 42.7 Å². The number of alkyl halides is 3. The highest BCUT2D eigenvalue weighted by Gasteiger charge is 2.70. The van der Waals surface area contributed by atoms with E-state index in [9.17, 15) is 23.5 Å². The first-order valence-electron chi connectivity index (χ1n) is 11.9. The zero-order valence-electron chi connectivity index (χ0n) is 20.6. The van der Waals surface area contributed by atoms with Gasteiger partial charge in [-0.25, -0.2) is 4.98 Å². The van der Waals surface area contributed by atoms with Crippen LogP contribution in [0.1, 0.15) is 35.2 Å². The molecule has 0 saturated heterocycles. The molecule has 0 amide bonds. The second kappa shape index (κ2) is 8.75. The molecule has 2 heterocycles. The molecule has 37 heavy (non-hydrogen) atoms. The summed E-state index contributed by atoms with van der Waals surface area (Å²) in [6.45, 7) is 0.575. The molecule has 9 heteroatoms. The van der Waals surface area contributed by atoms with E-state index in [-0.39, 0.29) is 29.7 Å². The molecule has 0 spiro atoms. The summed E-state index contributed by atoms with van der Waals surface area (Å²) in [6, 6.07) is 8.17. The van der Waals surface area contributed by atoms with Crippen molar-refractivity contribution in [3.63, 3.8) is 0 Å². The number of aromatic nitrogens is 1. The zero-order valence-corrected chi connectivity index (χ0v) is 20.6. The van der Waals surface area contributed by atoms with E-state index in [1.165, 1.54) is 25.3 Å². The lowest BCUT2D eigenvalue weighted by Crippen LogP contribution is -2.46. The number of methoxy groups -OCH3 is 1. The van der Waals surface area contributed by atoms with Crippen molar-refractivity contribution in [1.82, 2.24) is 9.88 Å². The van der Waals surface area contributed by atoms with Gasteiger partial charge in [-0.3, -0.25) is 0 Å². The first kappa shape index (κ1) is 25.1. The number of nitrogens with zero attached hydrogens (tertiary/aromatic N) is 3. The van der Waals surface area contributed by atoms with Gasteiger partial charge in [0.1, 0.15) is 23.1 Å². The van der Waals surface area contributed by atoms with Crippen LogP contribution in [0.4, 0.5) is 13.2 Å². The molecular formula is C28H26F3N3O3. The summed E-state index contributed by atoms with van der Waals surface area (Å²) in [7, 11) is 5.25. The number of benzene rings is 1. The highest BCUT2D eigenvalue weighted by molar-refractivity contribution is 5.63. The van der Waals surface area contributed by atoms with Crippen LogP contribution < -0.4 is 9.47 Å². The van der Waals surface area contributed by atoms with Gasteiger partial charge in [0.2, 0.25) is 5.88 Å². The number of hydrogen-bond donors (Lipinski definition) is 1. The van der Waals surface area contributed by atoms with E-state index in [1.807, 2.05) is 49.4 Å². The molecule has 1 aromatic carbocycles. The largest absolute Gasteiger partial charge is 0.481 e. The lowest BCUT2D eigenvalue weighted by atomic mass is 9.74. The molecule has 1 saturated carbocycles. The Morgan fingerprint density at radius 1 is 1.24 bits per heavy atom. The molecule has 6 nitrogen and oxygen atoms in total. The van der Waals surface area contributed by atoms with Crippen molar-refractivity contribution in [2.24, 2.45) is 5.92 Å². The quantitative estimate of drug-likeness (QED) is 0.635. The summed E-state index contributed by atoms with van der Waals surface area (Å²) in [4.78, 5) is 6.27. The first-order valence-corrected chi connectivity index (χ1v) is 11.9. The SMILES string of the molecule is COc1nc(C#N)cc2c1[C@]1(O)CC(CN(C)C)/C(=C3/C=CC=CC3)[C@]1(c1ccc(C(F)(F)F)cc1)O2. The van der Waals surface area contributed by atoms with Crippen molar-refractivity contribution in [2.75, 3.05) is 27.7 Å². The van der Waals surface area contributed by atoms with Gasteiger partial charge in [-0.2, -0.15) is 18.4 Å². The number of halogens is 3. The summed E-state index contributed by atoms with van der Waals surface area (Å²) >= 11 is 0. The zero-order chi connectivity index (χ0) is 26.6. The third-order valence-electron chi connectivity index (χ3n) is 7.28. The van der Waals surface area contributed by atoms with Crippen LogP contribution >= 0.6 is 0 Å². The third-order valence-corrected chi connectivity index (χ3v) is 7.28. The predicted molar refractivity (Wildman–Crippen MR) is 130 cm³/mol. The molecule has 0 bridgehead atoms. The molecule has 3 aliphatic rings. The average Bonchev–Trinajstić information content (AvgIpc) is 3.26. The van der Waals surface area contributed by atoms with Crippen LogP contribution in [0.15, 0.2) is 65.8 Å². The van der Waals surface area contributed by atoms with Crippen LogP contribution in [0.2, 0.25) is 0 Å². The minimum atomic E-state index is -4.51. The van der Waals surface area contributed by atoms with E-state index in [0.29, 0.717) is 24.1 Å². The summed E-state index contributed by atoms with van der Waals surface area (Å²) in [5, 5.41) is 22.1. The molecule has 192 valence electrons. The smallest absolute Gasteiger partial charge is 0.416 e. The molecule has 1 aliphatic heterocycles. The standard InChI is InChI=1S/C28H26F3N3O3/c1-34(2)16-18-14-26(35)24-22(13-21(15-32)33-25(24)36-3)37-27(26,23(18)17-7-5-4-6-8-17)19-9-11-20(12-10-19)28(29,30)31/h4-7,9-13,18,35H,8,14,16H2,1-3H3/b23-17+/t18?,26-,27+/m1/s1. The van der Waals surface area contributed by atoms with Gasteiger partial charge in [0.05, 0.1) is 18.2 Å². The number of pyridine rings is 1. The van der Waals surface area contributed by atoms with Crippen molar-refractivity contribution in [2.45, 2.75) is 30.2 Å². The Balaban J connectivity index is 1.83. The molecule has 1 N–H and O–H groups in total. The van der Waals surface area contributed by atoms with Gasteiger partial charge in [0.15, 0.2) is 5.60 Å². The number of ether oxygens (including phenoxy) is 2. The normalized spacial score (nSPS) is 28.1. The van der Waals surface area contributed by atoms with E-state index in [4.69, 9.17) is 9.47 Å². The van der Waals surface area contributed by atoms with Crippen molar-refractivity contribution < 1.29 is 27.8 Å².